The maximum Gasteiger partial charge on any atom is 0.371 e. The third-order valence-electron chi connectivity index (χ3n) is 2.43. The summed E-state index contributed by atoms with van der Waals surface area (Å²) < 4.78 is 5.22. The Balaban J connectivity index is 1.94. The van der Waals surface area contributed by atoms with Crippen molar-refractivity contribution in [3.05, 3.63) is 46.0 Å². The van der Waals surface area contributed by atoms with Crippen LogP contribution in [0.3, 0.4) is 0 Å². The number of rotatable bonds is 5. The van der Waals surface area contributed by atoms with E-state index in [9.17, 15) is 4.79 Å². The number of thiophene rings is 1. The molecule has 90 valence electrons. The monoisotopic (exact) mass is 251 g/mol. The molecule has 5 heteroatoms. The van der Waals surface area contributed by atoms with Gasteiger partial charge in [-0.25, -0.2) is 4.79 Å². The lowest BCUT2D eigenvalue weighted by molar-refractivity contribution is 0.0659. The minimum atomic E-state index is -1.04. The molecule has 0 aliphatic heterocycles. The first-order valence-corrected chi connectivity index (χ1v) is 6.13. The number of nitrogens with one attached hydrogen (secondary N) is 1. The number of carboxylic acid groups (broad SMARTS) is 1. The molecule has 0 aliphatic carbocycles. The van der Waals surface area contributed by atoms with Gasteiger partial charge in [-0.2, -0.15) is 0 Å². The Hall–Kier alpha value is -1.59. The van der Waals surface area contributed by atoms with Crippen LogP contribution >= 0.6 is 11.3 Å². The summed E-state index contributed by atoms with van der Waals surface area (Å²) in [6.45, 7) is 2.69. The van der Waals surface area contributed by atoms with Gasteiger partial charge in [-0.05, 0) is 30.5 Å². The number of hydrogen-bond acceptors (Lipinski definition) is 4. The van der Waals surface area contributed by atoms with Gasteiger partial charge < -0.3 is 14.8 Å². The van der Waals surface area contributed by atoms with Crippen molar-refractivity contribution < 1.29 is 14.3 Å². The number of carboxylic acids is 1. The fourth-order valence-electron chi connectivity index (χ4n) is 1.47. The van der Waals surface area contributed by atoms with Crippen molar-refractivity contribution in [2.24, 2.45) is 0 Å². The van der Waals surface area contributed by atoms with Crippen molar-refractivity contribution in [1.29, 1.82) is 0 Å². The van der Waals surface area contributed by atoms with Crippen molar-refractivity contribution in [2.75, 3.05) is 0 Å². The maximum absolute atomic E-state index is 10.7. The number of carbonyl (C=O) groups is 1. The fourth-order valence-corrected chi connectivity index (χ4v) is 2.12. The Morgan fingerprint density at radius 1 is 1.53 bits per heavy atom. The molecule has 0 aromatic carbocycles. The van der Waals surface area contributed by atoms with Crippen LogP contribution in [-0.2, 0) is 6.54 Å². The summed E-state index contributed by atoms with van der Waals surface area (Å²) in [7, 11) is 0. The van der Waals surface area contributed by atoms with E-state index in [0.717, 1.165) is 6.54 Å². The molecule has 2 aromatic heterocycles. The Bertz CT molecular complexity index is 490. The Kier molecular flexibility index (Phi) is 3.61. The molecular formula is C12H13NO3S. The Labute approximate surface area is 103 Å². The minimum absolute atomic E-state index is 0.00907. The van der Waals surface area contributed by atoms with E-state index in [-0.39, 0.29) is 11.8 Å². The normalized spacial score (nSPS) is 12.5. The molecular weight excluding hydrogens is 238 g/mol. The van der Waals surface area contributed by atoms with Crippen molar-refractivity contribution in [3.8, 4) is 0 Å². The zero-order valence-electron chi connectivity index (χ0n) is 9.34. The molecule has 1 unspecified atom stereocenters. The summed E-state index contributed by atoms with van der Waals surface area (Å²) in [4.78, 5) is 11.9. The maximum atomic E-state index is 10.7. The number of furan rings is 1. The lowest BCUT2D eigenvalue weighted by Gasteiger charge is -2.09. The van der Waals surface area contributed by atoms with Crippen LogP contribution in [0.5, 0.6) is 0 Å². The summed E-state index contributed by atoms with van der Waals surface area (Å²) >= 11 is 1.68. The molecule has 0 fully saturated rings. The fraction of sp³-hybridized carbons (Fsp3) is 0.250. The molecule has 2 heterocycles. The predicted octanol–water partition coefficient (Wildman–Crippen LogP) is 2.89. The summed E-state index contributed by atoms with van der Waals surface area (Å²) in [5.41, 5.74) is 0. The molecule has 0 bridgehead atoms. The third-order valence-corrected chi connectivity index (χ3v) is 3.30. The van der Waals surface area contributed by atoms with Crippen LogP contribution in [-0.4, -0.2) is 11.1 Å². The third kappa shape index (κ3) is 2.95. The van der Waals surface area contributed by atoms with Gasteiger partial charge in [0.15, 0.2) is 0 Å². The van der Waals surface area contributed by atoms with Gasteiger partial charge in [0.25, 0.3) is 0 Å². The average Bonchev–Trinajstić information content (AvgIpc) is 2.96. The quantitative estimate of drug-likeness (QED) is 0.857. The zero-order valence-corrected chi connectivity index (χ0v) is 10.2. The molecule has 17 heavy (non-hydrogen) atoms. The highest BCUT2D eigenvalue weighted by Gasteiger charge is 2.13. The van der Waals surface area contributed by atoms with Crippen LogP contribution in [0.2, 0.25) is 0 Å². The first kappa shape index (κ1) is 11.9. The minimum Gasteiger partial charge on any atom is -0.475 e. The number of aromatic carboxylic acids is 1. The highest BCUT2D eigenvalue weighted by Crippen LogP contribution is 2.17. The van der Waals surface area contributed by atoms with Gasteiger partial charge in [-0.1, -0.05) is 6.07 Å². The molecule has 0 spiro atoms. The van der Waals surface area contributed by atoms with Crippen LogP contribution in [0.1, 0.15) is 34.2 Å². The molecule has 1 atom stereocenters. The van der Waals surface area contributed by atoms with Crippen molar-refractivity contribution in [3.63, 3.8) is 0 Å². The largest absolute Gasteiger partial charge is 0.475 e. The predicted molar refractivity (Wildman–Crippen MR) is 65.2 cm³/mol. The highest BCUT2D eigenvalue weighted by atomic mass is 32.1. The summed E-state index contributed by atoms with van der Waals surface area (Å²) in [6.07, 6.45) is 0. The van der Waals surface area contributed by atoms with Crippen LogP contribution in [0, 0.1) is 0 Å². The van der Waals surface area contributed by atoms with Crippen molar-refractivity contribution in [1.82, 2.24) is 5.32 Å². The molecule has 0 amide bonds. The van der Waals surface area contributed by atoms with Gasteiger partial charge in [-0.15, -0.1) is 11.3 Å². The van der Waals surface area contributed by atoms with E-state index in [1.807, 2.05) is 18.4 Å². The molecule has 0 radical (unpaired) electrons. The Morgan fingerprint density at radius 2 is 2.35 bits per heavy atom. The summed E-state index contributed by atoms with van der Waals surface area (Å²) in [6, 6.07) is 7.21. The highest BCUT2D eigenvalue weighted by molar-refractivity contribution is 7.09. The summed E-state index contributed by atoms with van der Waals surface area (Å²) in [5.74, 6) is -0.426. The molecule has 2 rings (SSSR count). The zero-order chi connectivity index (χ0) is 12.3. The van der Waals surface area contributed by atoms with Gasteiger partial charge in [0.05, 0.1) is 6.04 Å². The van der Waals surface area contributed by atoms with E-state index >= 15 is 0 Å². The van der Waals surface area contributed by atoms with E-state index < -0.39 is 5.97 Å². The van der Waals surface area contributed by atoms with Crippen molar-refractivity contribution >= 4 is 17.3 Å². The van der Waals surface area contributed by atoms with Crippen LogP contribution in [0.25, 0.3) is 0 Å². The second-order valence-electron chi connectivity index (χ2n) is 3.69. The van der Waals surface area contributed by atoms with Crippen LogP contribution in [0.4, 0.5) is 0 Å². The second-order valence-corrected chi connectivity index (χ2v) is 4.72. The topological polar surface area (TPSA) is 62.5 Å². The molecule has 0 aliphatic rings. The molecule has 2 N–H and O–H groups in total. The van der Waals surface area contributed by atoms with Crippen LogP contribution < -0.4 is 5.32 Å². The first-order chi connectivity index (χ1) is 8.16. The smallest absolute Gasteiger partial charge is 0.371 e. The van der Waals surface area contributed by atoms with E-state index in [0.29, 0.717) is 5.76 Å². The molecule has 4 nitrogen and oxygen atoms in total. The van der Waals surface area contributed by atoms with Gasteiger partial charge >= 0.3 is 5.97 Å². The molecule has 2 aromatic rings. The van der Waals surface area contributed by atoms with E-state index in [4.69, 9.17) is 9.52 Å². The average molecular weight is 251 g/mol. The summed E-state index contributed by atoms with van der Waals surface area (Å²) in [5, 5.41) is 14.0. The van der Waals surface area contributed by atoms with Gasteiger partial charge in [0.1, 0.15) is 5.76 Å². The Morgan fingerprint density at radius 3 is 2.94 bits per heavy atom. The van der Waals surface area contributed by atoms with E-state index in [1.165, 1.54) is 10.9 Å². The lowest BCUT2D eigenvalue weighted by Crippen LogP contribution is -2.16. The van der Waals surface area contributed by atoms with Gasteiger partial charge in [0, 0.05) is 11.4 Å². The molecule has 0 saturated heterocycles. The van der Waals surface area contributed by atoms with Crippen molar-refractivity contribution in [2.45, 2.75) is 19.5 Å². The second kappa shape index (κ2) is 5.16. The lowest BCUT2D eigenvalue weighted by atomic mass is 10.2. The van der Waals surface area contributed by atoms with Crippen LogP contribution in [0.15, 0.2) is 34.1 Å². The van der Waals surface area contributed by atoms with Gasteiger partial charge in [0.2, 0.25) is 5.76 Å². The van der Waals surface area contributed by atoms with Gasteiger partial charge in [-0.3, -0.25) is 0 Å². The number of hydrogen-bond donors (Lipinski definition) is 2. The SMILES string of the molecule is CC(NCc1cccs1)c1ccc(C(=O)O)o1. The van der Waals surface area contributed by atoms with E-state index in [2.05, 4.69) is 11.4 Å². The molecule has 0 saturated carbocycles. The first-order valence-electron chi connectivity index (χ1n) is 5.25. The standard InChI is InChI=1S/C12H13NO3S/c1-8(13-7-9-3-2-6-17-9)10-4-5-11(16-10)12(14)15/h2-6,8,13H,7H2,1H3,(H,14,15). The van der Waals surface area contributed by atoms with E-state index in [1.54, 1.807) is 17.4 Å².